The highest BCUT2D eigenvalue weighted by Gasteiger charge is 2.07. The summed E-state index contributed by atoms with van der Waals surface area (Å²) in [7, 11) is 0. The Morgan fingerprint density at radius 2 is 2.29 bits per heavy atom. The molecule has 0 fully saturated rings. The molecule has 1 heterocycles. The van der Waals surface area contributed by atoms with Gasteiger partial charge in [0.2, 0.25) is 0 Å². The van der Waals surface area contributed by atoms with Crippen molar-refractivity contribution in [2.24, 2.45) is 0 Å². The Morgan fingerprint density at radius 3 is 2.86 bits per heavy atom. The topological polar surface area (TPSA) is 73.1 Å². The van der Waals surface area contributed by atoms with Gasteiger partial charge in [0, 0.05) is 17.3 Å². The minimum absolute atomic E-state index is 0.0823. The maximum absolute atomic E-state index is 10.4. The molecule has 1 aromatic rings. The number of nitrogens with zero attached hydrogens (tertiary/aromatic N) is 2. The van der Waals surface area contributed by atoms with Gasteiger partial charge in [-0.2, -0.15) is 0 Å². The Morgan fingerprint density at radius 1 is 1.57 bits per heavy atom. The van der Waals surface area contributed by atoms with Crippen LogP contribution in [0.15, 0.2) is 18.3 Å². The minimum atomic E-state index is -0.523. The van der Waals surface area contributed by atoms with E-state index in [0.29, 0.717) is 17.5 Å². The summed E-state index contributed by atoms with van der Waals surface area (Å²) < 4.78 is 0. The van der Waals surface area contributed by atoms with Gasteiger partial charge in [-0.05, 0) is 19.1 Å². The van der Waals surface area contributed by atoms with Crippen molar-refractivity contribution in [1.29, 1.82) is 0 Å². The van der Waals surface area contributed by atoms with Gasteiger partial charge in [-0.15, -0.1) is 0 Å². The number of carbonyl (C=O) groups is 1. The van der Waals surface area contributed by atoms with Crippen molar-refractivity contribution in [1.82, 2.24) is 4.98 Å². The Kier molecular flexibility index (Phi) is 3.06. The predicted octanol–water partition coefficient (Wildman–Crippen LogP) is 1.51. The monoisotopic (exact) mass is 192 g/mol. The second kappa shape index (κ2) is 4.27. The molecule has 0 N–H and O–H groups in total. The van der Waals surface area contributed by atoms with E-state index in [2.05, 4.69) is 4.98 Å². The van der Waals surface area contributed by atoms with Gasteiger partial charge in [-0.3, -0.25) is 19.9 Å². The van der Waals surface area contributed by atoms with Crippen LogP contribution < -0.4 is 0 Å². The molecule has 0 aliphatic rings. The second-order valence-corrected chi connectivity index (χ2v) is 2.62. The fourth-order valence-electron chi connectivity index (χ4n) is 0.950. The first-order valence-corrected chi connectivity index (χ1v) is 3.88. The number of hydrogen-bond donors (Lipinski definition) is 0. The third kappa shape index (κ3) is 2.22. The van der Waals surface area contributed by atoms with Crippen LogP contribution in [-0.2, 0) is 4.79 Å². The fourth-order valence-corrected chi connectivity index (χ4v) is 0.950. The minimum Gasteiger partial charge on any atom is -0.299 e. The molecule has 0 aliphatic carbocycles. The van der Waals surface area contributed by atoms with E-state index >= 15 is 0 Å². The van der Waals surface area contributed by atoms with E-state index < -0.39 is 4.92 Å². The van der Waals surface area contributed by atoms with Crippen molar-refractivity contribution in [2.75, 3.05) is 0 Å². The summed E-state index contributed by atoms with van der Waals surface area (Å²) in [6.07, 6.45) is 4.56. The summed E-state index contributed by atoms with van der Waals surface area (Å²) in [5.41, 5.74) is 1.14. The smallest absolute Gasteiger partial charge is 0.288 e. The largest absolute Gasteiger partial charge is 0.299 e. The molecule has 0 atom stereocenters. The van der Waals surface area contributed by atoms with Crippen LogP contribution in [-0.4, -0.2) is 16.2 Å². The predicted molar refractivity (Wildman–Crippen MR) is 50.7 cm³/mol. The van der Waals surface area contributed by atoms with E-state index in [-0.39, 0.29) is 5.69 Å². The van der Waals surface area contributed by atoms with Gasteiger partial charge in [-0.25, -0.2) is 0 Å². The molecule has 0 bridgehead atoms. The second-order valence-electron chi connectivity index (χ2n) is 2.62. The van der Waals surface area contributed by atoms with Crippen LogP contribution >= 0.6 is 0 Å². The molecule has 0 saturated carbocycles. The number of allylic oxidation sites excluding steroid dienone is 1. The SMILES string of the molecule is Cc1ncc([N+](=O)[O-])cc1C=CC=O. The molecular weight excluding hydrogens is 184 g/mol. The average Bonchev–Trinajstić information content (AvgIpc) is 2.16. The maximum atomic E-state index is 10.4. The third-order valence-corrected chi connectivity index (χ3v) is 1.68. The quantitative estimate of drug-likeness (QED) is 0.315. The van der Waals surface area contributed by atoms with Crippen molar-refractivity contribution < 1.29 is 9.72 Å². The van der Waals surface area contributed by atoms with Crippen LogP contribution in [0.5, 0.6) is 0 Å². The molecule has 1 aromatic heterocycles. The molecule has 0 aliphatic heterocycles. The van der Waals surface area contributed by atoms with E-state index in [4.69, 9.17) is 0 Å². The zero-order chi connectivity index (χ0) is 10.6. The molecule has 0 unspecified atom stereocenters. The lowest BCUT2D eigenvalue weighted by Crippen LogP contribution is -1.93. The summed E-state index contributed by atoms with van der Waals surface area (Å²) in [6, 6.07) is 1.38. The number of nitro groups is 1. The molecule has 5 heteroatoms. The van der Waals surface area contributed by atoms with E-state index in [1.54, 1.807) is 6.92 Å². The van der Waals surface area contributed by atoms with Crippen LogP contribution in [0.2, 0.25) is 0 Å². The summed E-state index contributed by atoms with van der Waals surface area (Å²) in [5.74, 6) is 0. The molecule has 5 nitrogen and oxygen atoms in total. The third-order valence-electron chi connectivity index (χ3n) is 1.68. The van der Waals surface area contributed by atoms with E-state index in [0.717, 1.165) is 0 Å². The Bertz CT molecular complexity index is 399. The van der Waals surface area contributed by atoms with Crippen molar-refractivity contribution >= 4 is 18.0 Å². The van der Waals surface area contributed by atoms with E-state index in [1.807, 2.05) is 0 Å². The molecule has 72 valence electrons. The van der Waals surface area contributed by atoms with Gasteiger partial charge in [0.15, 0.2) is 0 Å². The summed E-state index contributed by atoms with van der Waals surface area (Å²) in [6.45, 7) is 1.72. The van der Waals surface area contributed by atoms with Gasteiger partial charge in [0.25, 0.3) is 5.69 Å². The summed E-state index contributed by atoms with van der Waals surface area (Å²) in [4.78, 5) is 23.8. The number of rotatable bonds is 3. The van der Waals surface area contributed by atoms with Gasteiger partial charge >= 0.3 is 0 Å². The summed E-state index contributed by atoms with van der Waals surface area (Å²) in [5, 5.41) is 10.4. The Labute approximate surface area is 80.2 Å². The molecule has 0 aromatic carbocycles. The first-order valence-electron chi connectivity index (χ1n) is 3.88. The number of aromatic nitrogens is 1. The van der Waals surface area contributed by atoms with Crippen LogP contribution in [0.4, 0.5) is 5.69 Å². The highest BCUT2D eigenvalue weighted by molar-refractivity contribution is 5.74. The number of pyridine rings is 1. The molecule has 0 radical (unpaired) electrons. The van der Waals surface area contributed by atoms with Crippen LogP contribution in [0, 0.1) is 17.0 Å². The van der Waals surface area contributed by atoms with Crippen molar-refractivity contribution in [3.05, 3.63) is 39.7 Å². The van der Waals surface area contributed by atoms with E-state index in [9.17, 15) is 14.9 Å². The highest BCUT2D eigenvalue weighted by atomic mass is 16.6. The average molecular weight is 192 g/mol. The van der Waals surface area contributed by atoms with Gasteiger partial charge in [0.05, 0.1) is 4.92 Å². The lowest BCUT2D eigenvalue weighted by atomic mass is 10.2. The van der Waals surface area contributed by atoms with Crippen LogP contribution in [0.25, 0.3) is 6.08 Å². The zero-order valence-electron chi connectivity index (χ0n) is 7.51. The van der Waals surface area contributed by atoms with Crippen LogP contribution in [0.1, 0.15) is 11.3 Å². The number of aldehydes is 1. The van der Waals surface area contributed by atoms with Gasteiger partial charge < -0.3 is 0 Å². The number of hydrogen-bond acceptors (Lipinski definition) is 4. The fraction of sp³-hybridized carbons (Fsp3) is 0.111. The normalized spacial score (nSPS) is 10.4. The number of aryl methyl sites for hydroxylation is 1. The molecule has 0 spiro atoms. The van der Waals surface area contributed by atoms with E-state index in [1.165, 1.54) is 24.4 Å². The molecule has 0 amide bonds. The highest BCUT2D eigenvalue weighted by Crippen LogP contribution is 2.15. The van der Waals surface area contributed by atoms with Crippen molar-refractivity contribution in [2.45, 2.75) is 6.92 Å². The van der Waals surface area contributed by atoms with Crippen LogP contribution in [0.3, 0.4) is 0 Å². The molecule has 0 saturated heterocycles. The lowest BCUT2D eigenvalue weighted by molar-refractivity contribution is -0.385. The summed E-state index contributed by atoms with van der Waals surface area (Å²) >= 11 is 0. The van der Waals surface area contributed by atoms with Gasteiger partial charge in [0.1, 0.15) is 12.5 Å². The number of carbonyl (C=O) groups excluding carboxylic acids is 1. The van der Waals surface area contributed by atoms with Crippen molar-refractivity contribution in [3.63, 3.8) is 0 Å². The van der Waals surface area contributed by atoms with Crippen molar-refractivity contribution in [3.8, 4) is 0 Å². The maximum Gasteiger partial charge on any atom is 0.288 e. The molecule has 14 heavy (non-hydrogen) atoms. The first kappa shape index (κ1) is 10.0. The molecule has 1 rings (SSSR count). The zero-order valence-corrected chi connectivity index (χ0v) is 7.51. The Hall–Kier alpha value is -2.04. The molecular formula is C9H8N2O3. The Balaban J connectivity index is 3.14. The lowest BCUT2D eigenvalue weighted by Gasteiger charge is -1.97. The first-order chi connectivity index (χ1) is 6.65. The standard InChI is InChI=1S/C9H8N2O3/c1-7-8(3-2-4-12)5-9(6-10-7)11(13)14/h2-6H,1H3. The van der Waals surface area contributed by atoms with Gasteiger partial charge in [-0.1, -0.05) is 0 Å².